The molecule has 0 unspecified atom stereocenters. The van der Waals surface area contributed by atoms with Gasteiger partial charge in [-0.2, -0.15) is 0 Å². The highest BCUT2D eigenvalue weighted by Crippen LogP contribution is 2.45. The summed E-state index contributed by atoms with van der Waals surface area (Å²) in [7, 11) is 0. The van der Waals surface area contributed by atoms with Crippen molar-refractivity contribution >= 4 is 16.9 Å². The van der Waals surface area contributed by atoms with E-state index < -0.39 is 0 Å². The number of nitrogens with zero attached hydrogens (tertiary/aromatic N) is 3. The highest BCUT2D eigenvalue weighted by molar-refractivity contribution is 6.00. The molecule has 31 heavy (non-hydrogen) atoms. The third-order valence-corrected chi connectivity index (χ3v) is 7.48. The van der Waals surface area contributed by atoms with Gasteiger partial charge in [-0.05, 0) is 68.7 Å². The molecule has 2 aliphatic heterocycles. The molecule has 0 radical (unpaired) electrons. The lowest BCUT2D eigenvalue weighted by molar-refractivity contribution is -0.0198. The minimum atomic E-state index is -0.0846. The first-order valence-electron chi connectivity index (χ1n) is 11.4. The van der Waals surface area contributed by atoms with Crippen molar-refractivity contribution in [1.82, 2.24) is 14.5 Å². The van der Waals surface area contributed by atoms with E-state index in [1.54, 1.807) is 6.33 Å². The van der Waals surface area contributed by atoms with Crippen LogP contribution in [0.3, 0.4) is 0 Å². The molecular weight excluding hydrogens is 390 g/mol. The van der Waals surface area contributed by atoms with E-state index >= 15 is 0 Å². The number of nitrogen functional groups attached to an aromatic ring is 1. The van der Waals surface area contributed by atoms with Crippen molar-refractivity contribution in [2.24, 2.45) is 11.7 Å². The Bertz CT molecular complexity index is 1110. The van der Waals surface area contributed by atoms with Crippen LogP contribution in [0.5, 0.6) is 5.75 Å². The number of fused-ring (bicyclic) bond motifs is 3. The smallest absolute Gasteiger partial charge is 0.146 e. The molecule has 1 aromatic carbocycles. The van der Waals surface area contributed by atoms with E-state index in [1.807, 2.05) is 12.1 Å². The molecule has 2 aromatic heterocycles. The molecule has 2 saturated heterocycles. The Labute approximate surface area is 181 Å². The third kappa shape index (κ3) is 3.18. The van der Waals surface area contributed by atoms with Crippen LogP contribution in [-0.4, -0.2) is 39.4 Å². The Hall–Kier alpha value is -2.64. The van der Waals surface area contributed by atoms with Crippen LogP contribution in [0.25, 0.3) is 22.2 Å². The highest BCUT2D eigenvalue weighted by atomic mass is 16.6. The third-order valence-electron chi connectivity index (χ3n) is 7.48. The van der Waals surface area contributed by atoms with Crippen molar-refractivity contribution in [2.45, 2.75) is 56.3 Å². The van der Waals surface area contributed by atoms with Gasteiger partial charge < -0.3 is 25.5 Å². The number of nitrogens with two attached hydrogens (primary N) is 2. The van der Waals surface area contributed by atoms with Crippen LogP contribution in [0.4, 0.5) is 5.82 Å². The topological polar surface area (TPSA) is 101 Å². The lowest BCUT2D eigenvalue weighted by Crippen LogP contribution is -2.32. The molecule has 3 aliphatic rings. The van der Waals surface area contributed by atoms with Crippen LogP contribution in [0.15, 0.2) is 36.8 Å². The first kappa shape index (κ1) is 19.1. The molecule has 1 saturated carbocycles. The highest BCUT2D eigenvalue weighted by Gasteiger charge is 2.46. The molecule has 4 N–H and O–H groups in total. The quantitative estimate of drug-likeness (QED) is 0.632. The number of anilines is 1. The summed E-state index contributed by atoms with van der Waals surface area (Å²) in [6.45, 7) is 1.35. The zero-order valence-electron chi connectivity index (χ0n) is 17.7. The molecule has 1 aliphatic carbocycles. The van der Waals surface area contributed by atoms with Gasteiger partial charge in [0.25, 0.3) is 0 Å². The summed E-state index contributed by atoms with van der Waals surface area (Å²) in [5.41, 5.74) is 15.1. The van der Waals surface area contributed by atoms with Crippen LogP contribution in [-0.2, 0) is 4.74 Å². The SMILES string of the molecule is NC[C@H]1C[C@@H](n2cc(-c3cccc(OCC45CCC(CC4)O5)c3)c3c(N)ncnc32)C1. The molecule has 3 fully saturated rings. The zero-order valence-corrected chi connectivity index (χ0v) is 17.7. The van der Waals surface area contributed by atoms with E-state index in [4.69, 9.17) is 20.9 Å². The van der Waals surface area contributed by atoms with E-state index in [2.05, 4.69) is 32.9 Å². The van der Waals surface area contributed by atoms with Gasteiger partial charge in [-0.1, -0.05) is 12.1 Å². The fraction of sp³-hybridized carbons (Fsp3) is 0.500. The molecule has 7 nitrogen and oxygen atoms in total. The Morgan fingerprint density at radius 1 is 1.19 bits per heavy atom. The summed E-state index contributed by atoms with van der Waals surface area (Å²) >= 11 is 0. The Morgan fingerprint density at radius 3 is 2.77 bits per heavy atom. The van der Waals surface area contributed by atoms with Crippen molar-refractivity contribution in [1.29, 1.82) is 0 Å². The van der Waals surface area contributed by atoms with E-state index in [0.29, 0.717) is 30.5 Å². The van der Waals surface area contributed by atoms with Crippen LogP contribution < -0.4 is 16.2 Å². The van der Waals surface area contributed by atoms with Crippen molar-refractivity contribution in [2.75, 3.05) is 18.9 Å². The van der Waals surface area contributed by atoms with Gasteiger partial charge in [0.2, 0.25) is 0 Å². The second-order valence-electron chi connectivity index (χ2n) is 9.45. The van der Waals surface area contributed by atoms with E-state index in [0.717, 1.165) is 73.0 Å². The molecule has 4 heterocycles. The minimum absolute atomic E-state index is 0.0846. The predicted molar refractivity (Wildman–Crippen MR) is 120 cm³/mol. The molecule has 7 heteroatoms. The second-order valence-corrected chi connectivity index (χ2v) is 9.45. The van der Waals surface area contributed by atoms with E-state index in [9.17, 15) is 0 Å². The fourth-order valence-corrected chi connectivity index (χ4v) is 5.58. The van der Waals surface area contributed by atoms with Crippen molar-refractivity contribution in [3.63, 3.8) is 0 Å². The minimum Gasteiger partial charge on any atom is -0.491 e. The Kier molecular flexibility index (Phi) is 4.43. The lowest BCUT2D eigenvalue weighted by atomic mass is 9.80. The van der Waals surface area contributed by atoms with Gasteiger partial charge in [0, 0.05) is 17.8 Å². The first-order valence-corrected chi connectivity index (χ1v) is 11.4. The number of benzene rings is 1. The lowest BCUT2D eigenvalue weighted by Gasteiger charge is -2.35. The average molecular weight is 420 g/mol. The van der Waals surface area contributed by atoms with Gasteiger partial charge in [-0.25, -0.2) is 9.97 Å². The van der Waals surface area contributed by atoms with Gasteiger partial charge in [-0.15, -0.1) is 0 Å². The van der Waals surface area contributed by atoms with Gasteiger partial charge in [0.15, 0.2) is 0 Å². The molecule has 0 atom stereocenters. The number of hydrogen-bond donors (Lipinski definition) is 2. The molecular formula is C24H29N5O2. The van der Waals surface area contributed by atoms with Crippen molar-refractivity contribution < 1.29 is 9.47 Å². The second kappa shape index (κ2) is 7.21. The van der Waals surface area contributed by atoms with Crippen LogP contribution in [0.2, 0.25) is 0 Å². The van der Waals surface area contributed by atoms with Crippen molar-refractivity contribution in [3.8, 4) is 16.9 Å². The molecule has 162 valence electrons. The normalized spacial score (nSPS) is 29.4. The summed E-state index contributed by atoms with van der Waals surface area (Å²) in [5.74, 6) is 1.96. The monoisotopic (exact) mass is 419 g/mol. The van der Waals surface area contributed by atoms with Crippen LogP contribution >= 0.6 is 0 Å². The van der Waals surface area contributed by atoms with Crippen LogP contribution in [0, 0.1) is 5.92 Å². The van der Waals surface area contributed by atoms with Gasteiger partial charge in [0.1, 0.15) is 35.7 Å². The average Bonchev–Trinajstić information content (AvgIpc) is 3.46. The summed E-state index contributed by atoms with van der Waals surface area (Å²) in [6, 6.07) is 8.64. The standard InChI is InChI=1S/C24H29N5O2/c25-11-15-8-17(9-15)29-12-20(21-22(26)27-14-28-23(21)29)16-2-1-3-19(10-16)30-13-24-6-4-18(31-24)5-7-24/h1-3,10,12,14-15,17-18H,4-9,11,13,25H2,(H2,26,27,28)/t15-,17+,18?,24?. The largest absolute Gasteiger partial charge is 0.491 e. The Morgan fingerprint density at radius 2 is 2.03 bits per heavy atom. The maximum atomic E-state index is 6.31. The Balaban J connectivity index is 1.31. The van der Waals surface area contributed by atoms with E-state index in [1.165, 1.54) is 0 Å². The van der Waals surface area contributed by atoms with Gasteiger partial charge >= 0.3 is 0 Å². The number of ether oxygens (including phenoxy) is 2. The maximum absolute atomic E-state index is 6.31. The van der Waals surface area contributed by atoms with Gasteiger partial charge in [0.05, 0.1) is 11.5 Å². The molecule has 3 aromatic rings. The number of hydrogen-bond acceptors (Lipinski definition) is 6. The summed E-state index contributed by atoms with van der Waals surface area (Å²) in [4.78, 5) is 8.83. The van der Waals surface area contributed by atoms with E-state index in [-0.39, 0.29) is 5.60 Å². The summed E-state index contributed by atoms with van der Waals surface area (Å²) in [5, 5.41) is 0.909. The van der Waals surface area contributed by atoms with Crippen LogP contribution in [0.1, 0.15) is 44.6 Å². The maximum Gasteiger partial charge on any atom is 0.146 e. The first-order chi connectivity index (χ1) is 15.1. The number of aromatic nitrogens is 3. The molecule has 2 bridgehead atoms. The zero-order chi connectivity index (χ0) is 21.0. The molecule has 0 amide bonds. The van der Waals surface area contributed by atoms with Crippen molar-refractivity contribution in [3.05, 3.63) is 36.8 Å². The molecule has 0 spiro atoms. The summed E-state index contributed by atoms with van der Waals surface area (Å²) in [6.07, 6.45) is 10.8. The number of rotatable bonds is 6. The predicted octanol–water partition coefficient (Wildman–Crippen LogP) is 3.68. The fourth-order valence-electron chi connectivity index (χ4n) is 5.58. The van der Waals surface area contributed by atoms with Gasteiger partial charge in [-0.3, -0.25) is 0 Å². The molecule has 6 rings (SSSR count). The summed E-state index contributed by atoms with van der Waals surface area (Å²) < 4.78 is 14.6.